The lowest BCUT2D eigenvalue weighted by molar-refractivity contribution is -0.202. The van der Waals surface area contributed by atoms with Crippen LogP contribution in [0.5, 0.6) is 11.5 Å². The van der Waals surface area contributed by atoms with Crippen LogP contribution in [0.4, 0.5) is 0 Å². The summed E-state index contributed by atoms with van der Waals surface area (Å²) in [6.45, 7) is 17.2. The Bertz CT molecular complexity index is 1180. The van der Waals surface area contributed by atoms with Gasteiger partial charge in [0.25, 0.3) is 0 Å². The molecule has 0 saturated heterocycles. The minimum atomic E-state index is -0.338. The Hall–Kier alpha value is -2.27. The summed E-state index contributed by atoms with van der Waals surface area (Å²) in [5.74, 6) is 3.26. The van der Waals surface area contributed by atoms with Crippen molar-refractivity contribution in [2.75, 3.05) is 6.61 Å². The van der Waals surface area contributed by atoms with E-state index >= 15 is 0 Å². The minimum absolute atomic E-state index is 0.0625. The number of carbonyl (C=O) groups is 1. The van der Waals surface area contributed by atoms with Gasteiger partial charge in [-0.3, -0.25) is 0 Å². The van der Waals surface area contributed by atoms with Gasteiger partial charge in [0.1, 0.15) is 6.10 Å². The second-order valence-corrected chi connectivity index (χ2v) is 15.0. The molecule has 6 rings (SSSR count). The van der Waals surface area contributed by atoms with Crippen molar-refractivity contribution in [3.63, 3.8) is 0 Å². The van der Waals surface area contributed by atoms with Crippen LogP contribution < -0.4 is 0 Å². The first-order valence-corrected chi connectivity index (χ1v) is 17.6. The monoisotopic (exact) mass is 608 g/mol. The maximum Gasteiger partial charge on any atom is 0.331 e. The van der Waals surface area contributed by atoms with Crippen LogP contribution in [0.3, 0.4) is 0 Å². The molecule has 5 heteroatoms. The number of ether oxygens (including phenoxy) is 1. The highest BCUT2D eigenvalue weighted by molar-refractivity contribution is 5.87. The van der Waals surface area contributed by atoms with E-state index in [-0.39, 0.29) is 29.0 Å². The average molecular weight is 609 g/mol. The maximum atomic E-state index is 12.8. The van der Waals surface area contributed by atoms with Crippen molar-refractivity contribution < 1.29 is 24.9 Å². The number of aromatic hydroxyl groups is 2. The van der Waals surface area contributed by atoms with Crippen LogP contribution in [0, 0.1) is 51.8 Å². The fraction of sp³-hybridized carbons (Fsp3) is 0.718. The van der Waals surface area contributed by atoms with Gasteiger partial charge in [-0.15, -0.1) is 6.58 Å². The van der Waals surface area contributed by atoms with Crippen LogP contribution in [0.2, 0.25) is 0 Å². The molecular formula is C39H60O5. The van der Waals surface area contributed by atoms with E-state index in [1.165, 1.54) is 76.0 Å². The van der Waals surface area contributed by atoms with E-state index in [0.717, 1.165) is 36.5 Å². The summed E-state index contributed by atoms with van der Waals surface area (Å²) < 4.78 is 6.03. The lowest BCUT2D eigenvalue weighted by Gasteiger charge is -2.67. The Morgan fingerprint density at radius 1 is 0.932 bits per heavy atom. The highest BCUT2D eigenvalue weighted by Gasteiger charge is 2.64. The zero-order valence-corrected chi connectivity index (χ0v) is 28.4. The first-order valence-electron chi connectivity index (χ1n) is 17.6. The van der Waals surface area contributed by atoms with E-state index in [1.54, 1.807) is 18.2 Å². The minimum Gasteiger partial charge on any atom is -0.504 e. The maximum absolute atomic E-state index is 12.8. The second kappa shape index (κ2) is 14.0. The van der Waals surface area contributed by atoms with E-state index in [0.29, 0.717) is 34.8 Å². The highest BCUT2D eigenvalue weighted by atomic mass is 16.5. The molecule has 0 aromatic heterocycles. The highest BCUT2D eigenvalue weighted by Crippen LogP contribution is 2.71. The first kappa shape index (κ1) is 34.6. The third-order valence-electron chi connectivity index (χ3n) is 13.2. The van der Waals surface area contributed by atoms with Crippen LogP contribution >= 0.6 is 0 Å². The summed E-state index contributed by atoms with van der Waals surface area (Å²) in [4.78, 5) is 12.8. The molecule has 1 aromatic rings. The molecule has 5 aliphatic rings. The van der Waals surface area contributed by atoms with Crippen molar-refractivity contribution in [2.45, 2.75) is 118 Å². The lowest BCUT2D eigenvalue weighted by atomic mass is 9.37. The smallest absolute Gasteiger partial charge is 0.331 e. The summed E-state index contributed by atoms with van der Waals surface area (Å²) in [5.41, 5.74) is 1.55. The van der Waals surface area contributed by atoms with E-state index in [4.69, 9.17) is 4.74 Å². The molecule has 5 nitrogen and oxygen atoms in total. The average Bonchev–Trinajstić information content (AvgIpc) is 3.46. The number of rotatable bonds is 4. The van der Waals surface area contributed by atoms with Crippen LogP contribution in [-0.2, 0) is 9.53 Å². The summed E-state index contributed by atoms with van der Waals surface area (Å²) in [7, 11) is 0. The molecule has 0 bridgehead atoms. The van der Waals surface area contributed by atoms with Crippen molar-refractivity contribution >= 4 is 12.0 Å². The standard InChI is InChI=1S/C34H48O5.C3H6.C2H6/c1-21-24-12-16-33(3)25-13-18-34(20-35)15-4-5-26(34)23(25)8-10-30(33)32(24,2)17-14-29(21)39-31(38)11-7-22-6-9-27(36)28(37)19-22;1-3-2;1-2/h6-7,9,11,19,21,23-26,29-30,35-37H,4-5,8,10,12-18,20H2,1-3H3;3H,1H2,2H3;1-2H3/b11-7+;;/t21?,23?,24?,25?,26-,29?,30?,32?,33?,34?;;/m1../s1. The molecule has 44 heavy (non-hydrogen) atoms. The van der Waals surface area contributed by atoms with E-state index in [9.17, 15) is 20.1 Å². The van der Waals surface area contributed by atoms with Gasteiger partial charge in [0.15, 0.2) is 11.5 Å². The van der Waals surface area contributed by atoms with Crippen molar-refractivity contribution in [1.82, 2.24) is 0 Å². The normalized spacial score (nSPS) is 40.5. The molecule has 0 radical (unpaired) electrons. The van der Waals surface area contributed by atoms with Gasteiger partial charge in [-0.2, -0.15) is 0 Å². The van der Waals surface area contributed by atoms with Gasteiger partial charge >= 0.3 is 5.97 Å². The molecule has 0 heterocycles. The lowest BCUT2D eigenvalue weighted by Crippen LogP contribution is -2.61. The van der Waals surface area contributed by atoms with Crippen molar-refractivity contribution in [2.24, 2.45) is 51.8 Å². The van der Waals surface area contributed by atoms with Gasteiger partial charge in [-0.1, -0.05) is 53.2 Å². The molecule has 3 N–H and O–H groups in total. The molecule has 246 valence electrons. The third kappa shape index (κ3) is 6.11. The molecular weight excluding hydrogens is 548 g/mol. The fourth-order valence-corrected chi connectivity index (χ4v) is 11.4. The molecule has 0 aliphatic heterocycles. The van der Waals surface area contributed by atoms with Crippen molar-refractivity contribution in [1.29, 1.82) is 0 Å². The molecule has 5 saturated carbocycles. The molecule has 10 atom stereocenters. The summed E-state index contributed by atoms with van der Waals surface area (Å²) in [6.07, 6.45) is 18.4. The predicted octanol–water partition coefficient (Wildman–Crippen LogP) is 9.31. The Morgan fingerprint density at radius 2 is 1.59 bits per heavy atom. The van der Waals surface area contributed by atoms with E-state index in [2.05, 4.69) is 27.4 Å². The Labute approximate surface area is 267 Å². The van der Waals surface area contributed by atoms with Gasteiger partial charge in [-0.25, -0.2) is 4.79 Å². The number of phenolic OH excluding ortho intramolecular Hbond substituents is 2. The number of aliphatic hydroxyl groups excluding tert-OH is 1. The Kier molecular flexibility index (Phi) is 11.0. The summed E-state index contributed by atoms with van der Waals surface area (Å²) >= 11 is 0. The zero-order chi connectivity index (χ0) is 32.3. The van der Waals surface area contributed by atoms with Gasteiger partial charge < -0.3 is 20.1 Å². The second-order valence-electron chi connectivity index (χ2n) is 15.0. The number of fused-ring (bicyclic) bond motifs is 7. The predicted molar refractivity (Wildman–Crippen MR) is 179 cm³/mol. The first-order chi connectivity index (χ1) is 21.0. The number of hydrogen-bond donors (Lipinski definition) is 3. The molecule has 1 aromatic carbocycles. The third-order valence-corrected chi connectivity index (χ3v) is 13.2. The molecule has 5 aliphatic carbocycles. The fourth-order valence-electron chi connectivity index (χ4n) is 11.4. The number of benzene rings is 1. The van der Waals surface area contributed by atoms with Crippen LogP contribution in [0.15, 0.2) is 36.9 Å². The SMILES string of the molecule is C=CC.CC.CC1C(OC(=O)/C=C/c2ccc(O)c(O)c2)CCC2(C)C1CCC1(C)C3CCC4(CO)CCC[C@@H]4C3CCC21. The van der Waals surface area contributed by atoms with Crippen LogP contribution in [0.25, 0.3) is 6.08 Å². The van der Waals surface area contributed by atoms with Gasteiger partial charge in [0, 0.05) is 12.7 Å². The van der Waals surface area contributed by atoms with E-state index in [1.807, 2.05) is 20.8 Å². The quantitative estimate of drug-likeness (QED) is 0.137. The molecule has 0 spiro atoms. The number of hydrogen-bond acceptors (Lipinski definition) is 5. The number of allylic oxidation sites excluding steroid dienone is 1. The topological polar surface area (TPSA) is 87.0 Å². The Balaban J connectivity index is 0.000000834. The van der Waals surface area contributed by atoms with Gasteiger partial charge in [-0.05, 0) is 147 Å². The van der Waals surface area contributed by atoms with Crippen molar-refractivity contribution in [3.05, 3.63) is 42.5 Å². The largest absolute Gasteiger partial charge is 0.504 e. The number of phenols is 2. The van der Waals surface area contributed by atoms with Crippen LogP contribution in [0.1, 0.15) is 118 Å². The molecule has 0 amide bonds. The number of carbonyl (C=O) groups excluding carboxylic acids is 1. The number of aliphatic hydroxyl groups is 1. The molecule has 9 unspecified atom stereocenters. The van der Waals surface area contributed by atoms with Crippen molar-refractivity contribution in [3.8, 4) is 11.5 Å². The number of esters is 1. The summed E-state index contributed by atoms with van der Waals surface area (Å²) in [6, 6.07) is 4.51. The Morgan fingerprint density at radius 3 is 2.27 bits per heavy atom. The zero-order valence-electron chi connectivity index (χ0n) is 28.4. The van der Waals surface area contributed by atoms with E-state index < -0.39 is 0 Å². The van der Waals surface area contributed by atoms with Gasteiger partial charge in [0.05, 0.1) is 0 Å². The van der Waals surface area contributed by atoms with Crippen LogP contribution in [-0.4, -0.2) is 34.0 Å². The summed E-state index contributed by atoms with van der Waals surface area (Å²) in [5, 5.41) is 29.6. The molecule has 5 fully saturated rings. The van der Waals surface area contributed by atoms with Gasteiger partial charge in [0.2, 0.25) is 0 Å².